The molecule has 0 bridgehead atoms. The fourth-order valence-electron chi connectivity index (χ4n) is 1.43. The molecule has 6 nitrogen and oxygen atoms in total. The summed E-state index contributed by atoms with van der Waals surface area (Å²) >= 11 is 1.24. The molecule has 19 heavy (non-hydrogen) atoms. The van der Waals surface area contributed by atoms with Crippen LogP contribution in [0.25, 0.3) is 0 Å². The molecule has 0 aliphatic heterocycles. The predicted molar refractivity (Wildman–Crippen MR) is 72.4 cm³/mol. The average Bonchev–Trinajstić information content (AvgIpc) is 2.81. The van der Waals surface area contributed by atoms with E-state index in [1.165, 1.54) is 29.5 Å². The lowest BCUT2D eigenvalue weighted by Gasteiger charge is -2.05. The molecule has 0 radical (unpaired) electrons. The molecule has 0 aliphatic carbocycles. The number of carbonyl (C=O) groups excluding carboxylic acids is 1. The van der Waals surface area contributed by atoms with Gasteiger partial charge >= 0.3 is 0 Å². The molecular weight excluding hydrogens is 266 g/mol. The van der Waals surface area contributed by atoms with Gasteiger partial charge in [0.2, 0.25) is 0 Å². The minimum absolute atomic E-state index is 0.0162. The van der Waals surface area contributed by atoms with Crippen LogP contribution in [0, 0.1) is 0 Å². The van der Waals surface area contributed by atoms with Gasteiger partial charge in [-0.25, -0.2) is 4.98 Å². The van der Waals surface area contributed by atoms with Gasteiger partial charge in [-0.1, -0.05) is 6.07 Å². The molecule has 1 amide bonds. The molecular formula is C12H13N3O3S. The number of benzene rings is 1. The molecule has 0 spiro atoms. The predicted octanol–water partition coefficient (Wildman–Crippen LogP) is 1.83. The molecule has 2 rings (SSSR count). The normalized spacial score (nSPS) is 12.1. The fourth-order valence-corrected chi connectivity index (χ4v) is 2.24. The molecule has 7 heteroatoms. The number of carbonyl (C=O) groups is 1. The number of phenolic OH excluding ortho intramolecular Hbond substituents is 2. The second-order valence-electron chi connectivity index (χ2n) is 3.99. The van der Waals surface area contributed by atoms with E-state index in [1.54, 1.807) is 12.3 Å². The summed E-state index contributed by atoms with van der Waals surface area (Å²) in [5.74, 6) is -1.34. The maximum Gasteiger partial charge on any atom is 0.261 e. The molecule has 100 valence electrons. The molecule has 0 saturated carbocycles. The first kappa shape index (κ1) is 13.3. The number of amides is 1. The highest BCUT2D eigenvalue weighted by Gasteiger charge is 2.15. The summed E-state index contributed by atoms with van der Waals surface area (Å²) in [6.45, 7) is 1.79. The van der Waals surface area contributed by atoms with Gasteiger partial charge in [-0.15, -0.1) is 11.3 Å². The van der Waals surface area contributed by atoms with E-state index in [4.69, 9.17) is 5.73 Å². The van der Waals surface area contributed by atoms with Crippen molar-refractivity contribution < 1.29 is 15.0 Å². The van der Waals surface area contributed by atoms with Gasteiger partial charge in [0.15, 0.2) is 16.6 Å². The van der Waals surface area contributed by atoms with Gasteiger partial charge in [0.1, 0.15) is 0 Å². The Morgan fingerprint density at radius 1 is 1.47 bits per heavy atom. The number of para-hydroxylation sites is 1. The number of hydrogen-bond acceptors (Lipinski definition) is 6. The molecule has 5 N–H and O–H groups in total. The summed E-state index contributed by atoms with van der Waals surface area (Å²) in [4.78, 5) is 16.1. The zero-order valence-corrected chi connectivity index (χ0v) is 10.9. The van der Waals surface area contributed by atoms with Gasteiger partial charge in [-0.05, 0) is 19.1 Å². The van der Waals surface area contributed by atoms with Crippen LogP contribution in [0.3, 0.4) is 0 Å². The van der Waals surface area contributed by atoms with E-state index in [9.17, 15) is 15.0 Å². The van der Waals surface area contributed by atoms with Gasteiger partial charge in [0.05, 0.1) is 11.3 Å². The van der Waals surface area contributed by atoms with Crippen molar-refractivity contribution in [3.8, 4) is 11.5 Å². The standard InChI is InChI=1S/C12H13N3O3S/c1-6(13)8-5-19-12(14-8)15-11(18)7-3-2-4-9(16)10(7)17/h2-6,16-17H,13H2,1H3,(H,14,15,18). The number of thiazole rings is 1. The quantitative estimate of drug-likeness (QED) is 0.641. The van der Waals surface area contributed by atoms with Crippen molar-refractivity contribution in [3.63, 3.8) is 0 Å². The lowest BCUT2D eigenvalue weighted by molar-refractivity contribution is 0.102. The maximum absolute atomic E-state index is 11.9. The van der Waals surface area contributed by atoms with E-state index in [2.05, 4.69) is 10.3 Å². The number of aromatic nitrogens is 1. The minimum Gasteiger partial charge on any atom is -0.504 e. The Labute approximate surface area is 113 Å². The number of rotatable bonds is 3. The molecule has 0 fully saturated rings. The first-order valence-corrected chi connectivity index (χ1v) is 6.40. The number of nitrogens with zero attached hydrogens (tertiary/aromatic N) is 1. The number of anilines is 1. The number of nitrogens with one attached hydrogen (secondary N) is 1. The van der Waals surface area contributed by atoms with E-state index >= 15 is 0 Å². The monoisotopic (exact) mass is 279 g/mol. The Hall–Kier alpha value is -2.12. The van der Waals surface area contributed by atoms with E-state index in [-0.39, 0.29) is 17.4 Å². The topological polar surface area (TPSA) is 108 Å². The summed E-state index contributed by atoms with van der Waals surface area (Å²) in [5.41, 5.74) is 6.34. The summed E-state index contributed by atoms with van der Waals surface area (Å²) in [6.07, 6.45) is 0. The van der Waals surface area contributed by atoms with Crippen molar-refractivity contribution in [3.05, 3.63) is 34.8 Å². The van der Waals surface area contributed by atoms with Crippen LogP contribution in [0.5, 0.6) is 11.5 Å². The Bertz CT molecular complexity index is 610. The van der Waals surface area contributed by atoms with Crippen LogP contribution in [0.2, 0.25) is 0 Å². The van der Waals surface area contributed by atoms with Crippen LogP contribution in [0.1, 0.15) is 29.0 Å². The summed E-state index contributed by atoms with van der Waals surface area (Å²) < 4.78 is 0. The zero-order chi connectivity index (χ0) is 14.0. The number of hydrogen-bond donors (Lipinski definition) is 4. The lowest BCUT2D eigenvalue weighted by Crippen LogP contribution is -2.12. The van der Waals surface area contributed by atoms with E-state index in [1.807, 2.05) is 0 Å². The highest BCUT2D eigenvalue weighted by molar-refractivity contribution is 7.14. The first-order valence-electron chi connectivity index (χ1n) is 5.52. The average molecular weight is 279 g/mol. The van der Waals surface area contributed by atoms with Gasteiger partial charge in [0.25, 0.3) is 5.91 Å². The number of aromatic hydroxyl groups is 2. The van der Waals surface area contributed by atoms with E-state index < -0.39 is 11.7 Å². The van der Waals surface area contributed by atoms with Crippen LogP contribution in [-0.2, 0) is 0 Å². The van der Waals surface area contributed by atoms with Crippen molar-refractivity contribution in [2.45, 2.75) is 13.0 Å². The van der Waals surface area contributed by atoms with Crippen LogP contribution in [0.4, 0.5) is 5.13 Å². The smallest absolute Gasteiger partial charge is 0.261 e. The SMILES string of the molecule is CC(N)c1csc(NC(=O)c2cccc(O)c2O)n1. The van der Waals surface area contributed by atoms with Gasteiger partial charge in [0, 0.05) is 11.4 Å². The first-order chi connectivity index (χ1) is 8.99. The molecule has 1 unspecified atom stereocenters. The van der Waals surface area contributed by atoms with Gasteiger partial charge < -0.3 is 15.9 Å². The lowest BCUT2D eigenvalue weighted by atomic mass is 10.2. The summed E-state index contributed by atoms with van der Waals surface area (Å²) in [5, 5.41) is 23.6. The second kappa shape index (κ2) is 5.25. The zero-order valence-electron chi connectivity index (χ0n) is 10.1. The van der Waals surface area contributed by atoms with Crippen molar-refractivity contribution in [1.29, 1.82) is 0 Å². The molecule has 2 aromatic rings. The Kier molecular flexibility index (Phi) is 3.68. The van der Waals surface area contributed by atoms with Crippen molar-refractivity contribution in [2.75, 3.05) is 5.32 Å². The van der Waals surface area contributed by atoms with E-state index in [0.29, 0.717) is 10.8 Å². The third-order valence-corrected chi connectivity index (χ3v) is 3.24. The van der Waals surface area contributed by atoms with Crippen LogP contribution >= 0.6 is 11.3 Å². The van der Waals surface area contributed by atoms with Crippen molar-refractivity contribution in [1.82, 2.24) is 4.98 Å². The largest absolute Gasteiger partial charge is 0.504 e. The highest BCUT2D eigenvalue weighted by Crippen LogP contribution is 2.29. The Morgan fingerprint density at radius 3 is 2.84 bits per heavy atom. The van der Waals surface area contributed by atoms with Crippen molar-refractivity contribution >= 4 is 22.4 Å². The molecule has 1 heterocycles. The maximum atomic E-state index is 11.9. The van der Waals surface area contributed by atoms with Crippen LogP contribution in [0.15, 0.2) is 23.6 Å². The van der Waals surface area contributed by atoms with Gasteiger partial charge in [-0.2, -0.15) is 0 Å². The Morgan fingerprint density at radius 2 is 2.21 bits per heavy atom. The molecule has 1 aromatic heterocycles. The van der Waals surface area contributed by atoms with Crippen LogP contribution < -0.4 is 11.1 Å². The molecule has 1 atom stereocenters. The highest BCUT2D eigenvalue weighted by atomic mass is 32.1. The number of nitrogens with two attached hydrogens (primary N) is 1. The second-order valence-corrected chi connectivity index (χ2v) is 4.85. The third kappa shape index (κ3) is 2.83. The van der Waals surface area contributed by atoms with E-state index in [0.717, 1.165) is 0 Å². The summed E-state index contributed by atoms with van der Waals surface area (Å²) in [7, 11) is 0. The molecule has 0 saturated heterocycles. The Balaban J connectivity index is 2.18. The molecule has 0 aliphatic rings. The number of phenols is 2. The van der Waals surface area contributed by atoms with Crippen molar-refractivity contribution in [2.24, 2.45) is 5.73 Å². The minimum atomic E-state index is -0.543. The molecule has 1 aromatic carbocycles. The van der Waals surface area contributed by atoms with Gasteiger partial charge in [-0.3, -0.25) is 10.1 Å². The van der Waals surface area contributed by atoms with Crippen LogP contribution in [-0.4, -0.2) is 21.1 Å². The fraction of sp³-hybridized carbons (Fsp3) is 0.167. The summed E-state index contributed by atoms with van der Waals surface area (Å²) in [6, 6.07) is 3.96. The third-order valence-electron chi connectivity index (χ3n) is 2.47.